The third kappa shape index (κ3) is 4.85. The minimum absolute atomic E-state index is 0.193. The SMILES string of the molecule is O=C(Oc1ccccc1C(=O)c1ccccc1)c1ccccc1C=Cc1ccccc1. The number of hydrogen-bond acceptors (Lipinski definition) is 3. The van der Waals surface area contributed by atoms with Crippen molar-refractivity contribution in [3.8, 4) is 5.75 Å². The quantitative estimate of drug-likeness (QED) is 0.164. The maximum Gasteiger partial charge on any atom is 0.344 e. The van der Waals surface area contributed by atoms with E-state index in [2.05, 4.69) is 0 Å². The Morgan fingerprint density at radius 1 is 0.581 bits per heavy atom. The molecule has 0 saturated heterocycles. The molecule has 4 aromatic rings. The average Bonchev–Trinajstić information content (AvgIpc) is 2.84. The number of carbonyl (C=O) groups is 2. The normalized spacial score (nSPS) is 10.7. The maximum absolute atomic E-state index is 13.0. The van der Waals surface area contributed by atoms with Crippen molar-refractivity contribution in [2.45, 2.75) is 0 Å². The van der Waals surface area contributed by atoms with E-state index in [-0.39, 0.29) is 11.5 Å². The van der Waals surface area contributed by atoms with Gasteiger partial charge in [-0.1, -0.05) is 103 Å². The molecule has 0 amide bonds. The predicted octanol–water partition coefficient (Wildman–Crippen LogP) is 6.31. The monoisotopic (exact) mass is 404 g/mol. The van der Waals surface area contributed by atoms with E-state index in [4.69, 9.17) is 4.74 Å². The minimum Gasteiger partial charge on any atom is -0.422 e. The molecule has 0 spiro atoms. The van der Waals surface area contributed by atoms with Crippen LogP contribution in [0.3, 0.4) is 0 Å². The second kappa shape index (κ2) is 9.51. The predicted molar refractivity (Wildman–Crippen MR) is 123 cm³/mol. The molecule has 0 N–H and O–H groups in total. The topological polar surface area (TPSA) is 43.4 Å². The minimum atomic E-state index is -0.512. The zero-order chi connectivity index (χ0) is 21.5. The summed E-state index contributed by atoms with van der Waals surface area (Å²) in [6.07, 6.45) is 3.83. The van der Waals surface area contributed by atoms with Crippen LogP contribution < -0.4 is 4.74 Å². The molecule has 0 aliphatic heterocycles. The Balaban J connectivity index is 1.60. The van der Waals surface area contributed by atoms with E-state index in [0.717, 1.165) is 11.1 Å². The van der Waals surface area contributed by atoms with Gasteiger partial charge in [-0.15, -0.1) is 0 Å². The molecule has 3 heteroatoms. The lowest BCUT2D eigenvalue weighted by atomic mass is 10.0. The molecular formula is C28H20O3. The van der Waals surface area contributed by atoms with Crippen molar-refractivity contribution in [1.82, 2.24) is 0 Å². The Morgan fingerprint density at radius 2 is 1.16 bits per heavy atom. The molecule has 3 nitrogen and oxygen atoms in total. The number of ketones is 1. The van der Waals surface area contributed by atoms with Crippen LogP contribution in [-0.2, 0) is 0 Å². The van der Waals surface area contributed by atoms with Crippen molar-refractivity contribution in [1.29, 1.82) is 0 Å². The van der Waals surface area contributed by atoms with E-state index >= 15 is 0 Å². The van der Waals surface area contributed by atoms with E-state index in [1.54, 1.807) is 60.7 Å². The van der Waals surface area contributed by atoms with E-state index in [9.17, 15) is 9.59 Å². The molecule has 0 fully saturated rings. The van der Waals surface area contributed by atoms with E-state index in [1.165, 1.54) is 0 Å². The van der Waals surface area contributed by atoms with Gasteiger partial charge in [-0.05, 0) is 29.3 Å². The Bertz CT molecular complexity index is 1230. The summed E-state index contributed by atoms with van der Waals surface area (Å²) in [5.41, 5.74) is 3.08. The summed E-state index contributed by atoms with van der Waals surface area (Å²) < 4.78 is 5.67. The largest absolute Gasteiger partial charge is 0.422 e. The number of esters is 1. The summed E-state index contributed by atoms with van der Waals surface area (Å²) in [6.45, 7) is 0. The first-order chi connectivity index (χ1) is 15.2. The van der Waals surface area contributed by atoms with E-state index < -0.39 is 5.97 Å². The van der Waals surface area contributed by atoms with E-state index in [0.29, 0.717) is 16.7 Å². The molecule has 31 heavy (non-hydrogen) atoms. The van der Waals surface area contributed by atoms with Crippen molar-refractivity contribution in [3.05, 3.63) is 137 Å². The molecule has 0 heterocycles. The van der Waals surface area contributed by atoms with Gasteiger partial charge in [-0.3, -0.25) is 4.79 Å². The molecule has 0 unspecified atom stereocenters. The van der Waals surface area contributed by atoms with Gasteiger partial charge in [0.2, 0.25) is 0 Å². The van der Waals surface area contributed by atoms with Crippen molar-refractivity contribution in [2.75, 3.05) is 0 Å². The van der Waals surface area contributed by atoms with Crippen LogP contribution in [0.2, 0.25) is 0 Å². The number of rotatable bonds is 6. The second-order valence-corrected chi connectivity index (χ2v) is 6.91. The van der Waals surface area contributed by atoms with Gasteiger partial charge in [0, 0.05) is 5.56 Å². The first kappa shape index (κ1) is 20.0. The Labute approximate surface area is 181 Å². The molecule has 0 aliphatic carbocycles. The van der Waals surface area contributed by atoms with Crippen LogP contribution in [0, 0.1) is 0 Å². The molecule has 4 rings (SSSR count). The third-order valence-electron chi connectivity index (χ3n) is 4.81. The number of carbonyl (C=O) groups excluding carboxylic acids is 2. The summed E-state index contributed by atoms with van der Waals surface area (Å²) in [5.74, 6) is -0.467. The first-order valence-electron chi connectivity index (χ1n) is 9.95. The molecule has 0 bridgehead atoms. The number of hydrogen-bond donors (Lipinski definition) is 0. The molecule has 4 aromatic carbocycles. The molecule has 0 aromatic heterocycles. The Hall–Kier alpha value is -4.24. The van der Waals surface area contributed by atoms with Gasteiger partial charge in [0.15, 0.2) is 5.78 Å². The highest BCUT2D eigenvalue weighted by Gasteiger charge is 2.18. The molecule has 0 aliphatic rings. The Kier molecular flexibility index (Phi) is 6.15. The van der Waals surface area contributed by atoms with E-state index in [1.807, 2.05) is 60.7 Å². The van der Waals surface area contributed by atoms with Gasteiger partial charge in [-0.25, -0.2) is 4.79 Å². The van der Waals surface area contributed by atoms with Crippen LogP contribution in [0.4, 0.5) is 0 Å². The fraction of sp³-hybridized carbons (Fsp3) is 0. The van der Waals surface area contributed by atoms with Crippen LogP contribution in [0.25, 0.3) is 12.2 Å². The standard InChI is InChI=1S/C28H20O3/c29-27(23-14-5-2-6-15-23)25-17-9-10-18-26(25)31-28(30)24-16-8-7-13-22(24)20-19-21-11-3-1-4-12-21/h1-20H. The molecule has 0 atom stereocenters. The van der Waals surface area contributed by atoms with Crippen LogP contribution in [-0.4, -0.2) is 11.8 Å². The maximum atomic E-state index is 13.0. The highest BCUT2D eigenvalue weighted by Crippen LogP contribution is 2.24. The zero-order valence-corrected chi connectivity index (χ0v) is 16.8. The average molecular weight is 404 g/mol. The molecule has 0 saturated carbocycles. The third-order valence-corrected chi connectivity index (χ3v) is 4.81. The van der Waals surface area contributed by atoms with Crippen molar-refractivity contribution < 1.29 is 14.3 Å². The summed E-state index contributed by atoms with van der Waals surface area (Å²) in [6, 6.07) is 32.8. The zero-order valence-electron chi connectivity index (χ0n) is 16.8. The second-order valence-electron chi connectivity index (χ2n) is 6.91. The number of benzene rings is 4. The first-order valence-corrected chi connectivity index (χ1v) is 9.95. The van der Waals surface area contributed by atoms with Gasteiger partial charge < -0.3 is 4.74 Å². The van der Waals surface area contributed by atoms with Crippen LogP contribution >= 0.6 is 0 Å². The van der Waals surface area contributed by atoms with Crippen molar-refractivity contribution in [3.63, 3.8) is 0 Å². The van der Waals surface area contributed by atoms with Gasteiger partial charge >= 0.3 is 5.97 Å². The number of para-hydroxylation sites is 1. The molecule has 150 valence electrons. The molecular weight excluding hydrogens is 384 g/mol. The lowest BCUT2D eigenvalue weighted by molar-refractivity contribution is 0.0733. The van der Waals surface area contributed by atoms with Crippen molar-refractivity contribution in [2.24, 2.45) is 0 Å². The van der Waals surface area contributed by atoms with Gasteiger partial charge in [0.25, 0.3) is 0 Å². The fourth-order valence-corrected chi connectivity index (χ4v) is 3.22. The fourth-order valence-electron chi connectivity index (χ4n) is 3.22. The Morgan fingerprint density at radius 3 is 1.90 bits per heavy atom. The number of ether oxygens (including phenoxy) is 1. The van der Waals surface area contributed by atoms with Gasteiger partial charge in [0.1, 0.15) is 5.75 Å². The van der Waals surface area contributed by atoms with Gasteiger partial charge in [0.05, 0.1) is 11.1 Å². The molecule has 0 radical (unpaired) electrons. The summed E-state index contributed by atoms with van der Waals surface area (Å²) in [5, 5.41) is 0. The van der Waals surface area contributed by atoms with Crippen LogP contribution in [0.15, 0.2) is 109 Å². The summed E-state index contributed by atoms with van der Waals surface area (Å²) >= 11 is 0. The summed E-state index contributed by atoms with van der Waals surface area (Å²) in [4.78, 5) is 25.9. The lowest BCUT2D eigenvalue weighted by Crippen LogP contribution is -2.13. The smallest absolute Gasteiger partial charge is 0.344 e. The highest BCUT2D eigenvalue weighted by atomic mass is 16.5. The lowest BCUT2D eigenvalue weighted by Gasteiger charge is -2.11. The van der Waals surface area contributed by atoms with Gasteiger partial charge in [-0.2, -0.15) is 0 Å². The summed E-state index contributed by atoms with van der Waals surface area (Å²) in [7, 11) is 0. The highest BCUT2D eigenvalue weighted by molar-refractivity contribution is 6.11. The van der Waals surface area contributed by atoms with Crippen LogP contribution in [0.5, 0.6) is 5.75 Å². The van der Waals surface area contributed by atoms with Crippen molar-refractivity contribution >= 4 is 23.9 Å². The van der Waals surface area contributed by atoms with Crippen LogP contribution in [0.1, 0.15) is 37.4 Å².